The maximum atomic E-state index is 11.8. The van der Waals surface area contributed by atoms with Gasteiger partial charge in [-0.05, 0) is 40.7 Å². The van der Waals surface area contributed by atoms with Crippen molar-refractivity contribution in [2.24, 2.45) is 0 Å². The zero-order valence-corrected chi connectivity index (χ0v) is 9.78. The summed E-state index contributed by atoms with van der Waals surface area (Å²) in [5, 5.41) is 8.82. The second kappa shape index (κ2) is 4.19. The van der Waals surface area contributed by atoms with Gasteiger partial charge in [-0.1, -0.05) is 0 Å². The Hall–Kier alpha value is -1.08. The lowest BCUT2D eigenvalue weighted by atomic mass is 10.1. The van der Waals surface area contributed by atoms with Gasteiger partial charge in [0.1, 0.15) is 11.6 Å². The van der Waals surface area contributed by atoms with Crippen molar-refractivity contribution < 1.29 is 9.53 Å². The minimum atomic E-state index is -0.456. The van der Waals surface area contributed by atoms with E-state index in [9.17, 15) is 4.79 Å². The van der Waals surface area contributed by atoms with Gasteiger partial charge in [-0.2, -0.15) is 5.26 Å². The fourth-order valence-electron chi connectivity index (χ4n) is 1.75. The van der Waals surface area contributed by atoms with Crippen molar-refractivity contribution in [1.29, 1.82) is 5.26 Å². The van der Waals surface area contributed by atoms with Crippen LogP contribution in [0.25, 0.3) is 0 Å². The Kier molecular flexibility index (Phi) is 3.35. The Morgan fingerprint density at radius 1 is 1.47 bits per heavy atom. The Morgan fingerprint density at radius 2 is 2.07 bits per heavy atom. The summed E-state index contributed by atoms with van der Waals surface area (Å²) in [5.41, 5.74) is -0.456. The maximum Gasteiger partial charge on any atom is 0.323 e. The van der Waals surface area contributed by atoms with Crippen molar-refractivity contribution in [2.45, 2.75) is 51.3 Å². The highest BCUT2D eigenvalue weighted by molar-refractivity contribution is 5.76. The number of rotatable bonds is 1. The van der Waals surface area contributed by atoms with Crippen LogP contribution in [0.5, 0.6) is 0 Å². The Labute approximate surface area is 90.8 Å². The topological polar surface area (TPSA) is 53.3 Å². The van der Waals surface area contributed by atoms with Gasteiger partial charge in [0.05, 0.1) is 12.1 Å². The highest BCUT2D eigenvalue weighted by atomic mass is 16.6. The molecule has 0 N–H and O–H groups in total. The third-order valence-corrected chi connectivity index (χ3v) is 2.52. The van der Waals surface area contributed by atoms with Crippen LogP contribution in [0.2, 0.25) is 0 Å². The summed E-state index contributed by atoms with van der Waals surface area (Å²) >= 11 is 0. The van der Waals surface area contributed by atoms with E-state index in [-0.39, 0.29) is 18.1 Å². The molecule has 1 aliphatic heterocycles. The maximum absolute atomic E-state index is 11.8. The van der Waals surface area contributed by atoms with E-state index < -0.39 is 5.60 Å². The SMILES string of the molecule is CN1C(C#N)CCC1C(=O)OC(C)(C)C. The quantitative estimate of drug-likeness (QED) is 0.612. The molecule has 4 heteroatoms. The van der Waals surface area contributed by atoms with Gasteiger partial charge in [0.25, 0.3) is 0 Å². The van der Waals surface area contributed by atoms with E-state index in [4.69, 9.17) is 10.00 Å². The zero-order valence-electron chi connectivity index (χ0n) is 9.78. The van der Waals surface area contributed by atoms with Gasteiger partial charge in [0.2, 0.25) is 0 Å². The first kappa shape index (κ1) is 12.0. The molecule has 0 aromatic heterocycles. The zero-order chi connectivity index (χ0) is 11.6. The highest BCUT2D eigenvalue weighted by Crippen LogP contribution is 2.24. The highest BCUT2D eigenvalue weighted by Gasteiger charge is 2.37. The van der Waals surface area contributed by atoms with Gasteiger partial charge in [-0.25, -0.2) is 0 Å². The van der Waals surface area contributed by atoms with Crippen LogP contribution in [0, 0.1) is 11.3 Å². The summed E-state index contributed by atoms with van der Waals surface area (Å²) in [6.45, 7) is 5.55. The second-order valence-corrected chi connectivity index (χ2v) is 4.94. The van der Waals surface area contributed by atoms with E-state index in [1.165, 1.54) is 0 Å². The Morgan fingerprint density at radius 3 is 2.47 bits per heavy atom. The molecule has 0 saturated carbocycles. The average molecular weight is 210 g/mol. The molecule has 2 unspecified atom stereocenters. The molecule has 0 radical (unpaired) electrons. The van der Waals surface area contributed by atoms with Gasteiger partial charge in [-0.15, -0.1) is 0 Å². The summed E-state index contributed by atoms with van der Waals surface area (Å²) in [4.78, 5) is 13.6. The molecule has 0 amide bonds. The first-order valence-corrected chi connectivity index (χ1v) is 5.19. The van der Waals surface area contributed by atoms with Crippen molar-refractivity contribution in [3.05, 3.63) is 0 Å². The molecule has 4 nitrogen and oxygen atoms in total. The van der Waals surface area contributed by atoms with E-state index in [1.54, 1.807) is 11.9 Å². The van der Waals surface area contributed by atoms with Gasteiger partial charge < -0.3 is 4.74 Å². The molecule has 0 bridgehead atoms. The van der Waals surface area contributed by atoms with Gasteiger partial charge >= 0.3 is 5.97 Å². The van der Waals surface area contributed by atoms with E-state index in [1.807, 2.05) is 20.8 Å². The molecule has 0 spiro atoms. The predicted molar refractivity (Wildman–Crippen MR) is 56.0 cm³/mol. The number of likely N-dealkylation sites (tertiary alicyclic amines) is 1. The van der Waals surface area contributed by atoms with Crippen molar-refractivity contribution in [3.63, 3.8) is 0 Å². The number of hydrogen-bond donors (Lipinski definition) is 0. The summed E-state index contributed by atoms with van der Waals surface area (Å²) < 4.78 is 5.29. The van der Waals surface area contributed by atoms with Crippen molar-refractivity contribution in [3.8, 4) is 6.07 Å². The lowest BCUT2D eigenvalue weighted by Gasteiger charge is -2.25. The molecule has 1 heterocycles. The normalized spacial score (nSPS) is 27.4. The minimum absolute atomic E-state index is 0.150. The number of nitriles is 1. The number of carbonyl (C=O) groups is 1. The number of carbonyl (C=O) groups excluding carboxylic acids is 1. The van der Waals surface area contributed by atoms with Gasteiger partial charge in [-0.3, -0.25) is 9.69 Å². The number of nitrogens with zero attached hydrogens (tertiary/aromatic N) is 2. The Balaban J connectivity index is 2.60. The van der Waals surface area contributed by atoms with Gasteiger partial charge in [0.15, 0.2) is 0 Å². The van der Waals surface area contributed by atoms with E-state index in [0.29, 0.717) is 6.42 Å². The lowest BCUT2D eigenvalue weighted by Crippen LogP contribution is -2.40. The number of hydrogen-bond acceptors (Lipinski definition) is 4. The van der Waals surface area contributed by atoms with Crippen LogP contribution in [0.1, 0.15) is 33.6 Å². The first-order valence-electron chi connectivity index (χ1n) is 5.19. The molecule has 1 aliphatic rings. The molecule has 1 fully saturated rings. The average Bonchev–Trinajstić information content (AvgIpc) is 2.43. The van der Waals surface area contributed by atoms with E-state index in [0.717, 1.165) is 6.42 Å². The summed E-state index contributed by atoms with van der Waals surface area (Å²) in [5.74, 6) is -0.220. The van der Waals surface area contributed by atoms with Crippen molar-refractivity contribution >= 4 is 5.97 Å². The standard InChI is InChI=1S/C11H18N2O2/c1-11(2,3)15-10(14)9-6-5-8(7-12)13(9)4/h8-9H,5-6H2,1-4H3. The predicted octanol–water partition coefficient (Wildman–Crippen LogP) is 1.31. The smallest absolute Gasteiger partial charge is 0.323 e. The fourth-order valence-corrected chi connectivity index (χ4v) is 1.75. The summed E-state index contributed by atoms with van der Waals surface area (Å²) in [6.07, 6.45) is 1.46. The molecule has 1 saturated heterocycles. The molecular weight excluding hydrogens is 192 g/mol. The Bertz CT molecular complexity index is 288. The molecule has 84 valence electrons. The molecule has 2 atom stereocenters. The summed E-state index contributed by atoms with van der Waals surface area (Å²) in [6, 6.07) is 1.77. The summed E-state index contributed by atoms with van der Waals surface area (Å²) in [7, 11) is 1.80. The van der Waals surface area contributed by atoms with Crippen LogP contribution < -0.4 is 0 Å². The van der Waals surface area contributed by atoms with E-state index in [2.05, 4.69) is 6.07 Å². The third kappa shape index (κ3) is 2.93. The molecular formula is C11H18N2O2. The lowest BCUT2D eigenvalue weighted by molar-refractivity contribution is -0.160. The monoisotopic (exact) mass is 210 g/mol. The van der Waals surface area contributed by atoms with Crippen LogP contribution in [0.4, 0.5) is 0 Å². The molecule has 1 rings (SSSR count). The van der Waals surface area contributed by atoms with E-state index >= 15 is 0 Å². The van der Waals surface area contributed by atoms with Crippen LogP contribution in [0.3, 0.4) is 0 Å². The molecule has 15 heavy (non-hydrogen) atoms. The van der Waals surface area contributed by atoms with Crippen molar-refractivity contribution in [1.82, 2.24) is 4.90 Å². The molecule has 0 aromatic carbocycles. The van der Waals surface area contributed by atoms with Crippen LogP contribution in [0.15, 0.2) is 0 Å². The van der Waals surface area contributed by atoms with Crippen LogP contribution in [-0.2, 0) is 9.53 Å². The first-order chi connectivity index (χ1) is 6.85. The minimum Gasteiger partial charge on any atom is -0.459 e. The van der Waals surface area contributed by atoms with Crippen LogP contribution >= 0.6 is 0 Å². The fraction of sp³-hybridized carbons (Fsp3) is 0.818. The number of likely N-dealkylation sites (N-methyl/N-ethyl adjacent to an activating group) is 1. The number of esters is 1. The third-order valence-electron chi connectivity index (χ3n) is 2.52. The van der Waals surface area contributed by atoms with Gasteiger partial charge in [0, 0.05) is 0 Å². The number of ether oxygens (including phenoxy) is 1. The second-order valence-electron chi connectivity index (χ2n) is 4.94. The molecule has 0 aliphatic carbocycles. The van der Waals surface area contributed by atoms with Crippen LogP contribution in [-0.4, -0.2) is 35.6 Å². The largest absolute Gasteiger partial charge is 0.459 e. The molecule has 0 aromatic rings. The van der Waals surface area contributed by atoms with Crippen molar-refractivity contribution in [2.75, 3.05) is 7.05 Å².